The van der Waals surface area contributed by atoms with Gasteiger partial charge in [0.2, 0.25) is 0 Å². The predicted octanol–water partition coefficient (Wildman–Crippen LogP) is 3.93. The van der Waals surface area contributed by atoms with Gasteiger partial charge in [-0.15, -0.1) is 0 Å². The summed E-state index contributed by atoms with van der Waals surface area (Å²) in [6.45, 7) is 1.31. The third-order valence-corrected chi connectivity index (χ3v) is 4.10. The summed E-state index contributed by atoms with van der Waals surface area (Å²) in [5.41, 5.74) is 2.84. The molecule has 0 unspecified atom stereocenters. The Balaban J connectivity index is 1.87. The zero-order chi connectivity index (χ0) is 13.4. The van der Waals surface area contributed by atoms with Crippen LogP contribution in [0.2, 0.25) is 0 Å². The smallest absolute Gasteiger partial charge is 0.129 e. The first-order valence-electron chi connectivity index (χ1n) is 6.01. The van der Waals surface area contributed by atoms with Gasteiger partial charge in [-0.25, -0.2) is 4.39 Å². The molecule has 4 heteroatoms. The van der Waals surface area contributed by atoms with Crippen LogP contribution in [0.25, 0.3) is 0 Å². The largest absolute Gasteiger partial charge is 0.348 e. The van der Waals surface area contributed by atoms with Crippen molar-refractivity contribution in [2.45, 2.75) is 13.1 Å². The Kier molecular flexibility index (Phi) is 3.11. The quantitative estimate of drug-likeness (QED) is 0.892. The minimum atomic E-state index is -0.286. The van der Waals surface area contributed by atoms with Crippen LogP contribution in [0.1, 0.15) is 16.7 Å². The lowest BCUT2D eigenvalue weighted by molar-refractivity contribution is 0.421. The summed E-state index contributed by atoms with van der Waals surface area (Å²) in [6, 6.07) is 12.6. The lowest BCUT2D eigenvalue weighted by Gasteiger charge is -2.18. The number of benzene rings is 2. The molecule has 0 fully saturated rings. The zero-order valence-corrected chi connectivity index (χ0v) is 11.7. The van der Waals surface area contributed by atoms with Crippen molar-refractivity contribution in [1.82, 2.24) is 4.90 Å². The molecule has 19 heavy (non-hydrogen) atoms. The van der Waals surface area contributed by atoms with Crippen LogP contribution in [-0.4, -0.2) is 10.7 Å². The van der Waals surface area contributed by atoms with Crippen molar-refractivity contribution in [3.8, 4) is 0 Å². The molecule has 2 aromatic rings. The Labute approximate surface area is 119 Å². The Hall–Kier alpha value is -1.68. The van der Waals surface area contributed by atoms with Gasteiger partial charge < -0.3 is 4.90 Å². The summed E-state index contributed by atoms with van der Waals surface area (Å²) in [7, 11) is 0. The SMILES string of the molecule is N=C1c2cc(F)ccc2CN1Cc1ccccc1Br. The maximum Gasteiger partial charge on any atom is 0.129 e. The van der Waals surface area contributed by atoms with Gasteiger partial charge in [0.15, 0.2) is 0 Å². The number of fused-ring (bicyclic) bond motifs is 1. The fourth-order valence-corrected chi connectivity index (χ4v) is 2.74. The number of rotatable bonds is 2. The molecule has 1 aliphatic rings. The van der Waals surface area contributed by atoms with E-state index < -0.39 is 0 Å². The summed E-state index contributed by atoms with van der Waals surface area (Å²) in [4.78, 5) is 1.95. The second kappa shape index (κ2) is 4.78. The van der Waals surface area contributed by atoms with Crippen LogP contribution in [0.3, 0.4) is 0 Å². The maximum atomic E-state index is 13.2. The van der Waals surface area contributed by atoms with E-state index in [4.69, 9.17) is 5.41 Å². The number of hydrogen-bond donors (Lipinski definition) is 1. The number of hydrogen-bond acceptors (Lipinski definition) is 1. The Morgan fingerprint density at radius 2 is 2.00 bits per heavy atom. The molecular formula is C15H12BrFN2. The van der Waals surface area contributed by atoms with E-state index in [1.807, 2.05) is 29.2 Å². The molecule has 0 saturated heterocycles. The fourth-order valence-electron chi connectivity index (χ4n) is 2.33. The van der Waals surface area contributed by atoms with E-state index in [0.29, 0.717) is 24.5 Å². The molecular weight excluding hydrogens is 307 g/mol. The molecule has 1 heterocycles. The van der Waals surface area contributed by atoms with Gasteiger partial charge in [0.05, 0.1) is 0 Å². The van der Waals surface area contributed by atoms with Gasteiger partial charge in [-0.3, -0.25) is 5.41 Å². The van der Waals surface area contributed by atoms with Crippen molar-refractivity contribution >= 4 is 21.8 Å². The minimum absolute atomic E-state index is 0.286. The van der Waals surface area contributed by atoms with E-state index in [1.165, 1.54) is 12.1 Å². The van der Waals surface area contributed by atoms with Gasteiger partial charge in [-0.05, 0) is 29.3 Å². The first kappa shape index (κ1) is 12.4. The van der Waals surface area contributed by atoms with Crippen molar-refractivity contribution in [2.24, 2.45) is 0 Å². The van der Waals surface area contributed by atoms with Crippen molar-refractivity contribution in [1.29, 1.82) is 5.41 Å². The normalized spacial score (nSPS) is 13.8. The number of nitrogens with zero attached hydrogens (tertiary/aromatic N) is 1. The van der Waals surface area contributed by atoms with Gasteiger partial charge in [-0.1, -0.05) is 40.2 Å². The summed E-state index contributed by atoms with van der Waals surface area (Å²) >= 11 is 3.51. The topological polar surface area (TPSA) is 27.1 Å². The molecule has 2 aromatic carbocycles. The third-order valence-electron chi connectivity index (χ3n) is 3.32. The minimum Gasteiger partial charge on any atom is -0.348 e. The highest BCUT2D eigenvalue weighted by atomic mass is 79.9. The number of nitrogens with one attached hydrogen (secondary N) is 1. The summed E-state index contributed by atoms with van der Waals surface area (Å²) < 4.78 is 14.3. The highest BCUT2D eigenvalue weighted by molar-refractivity contribution is 9.10. The fraction of sp³-hybridized carbons (Fsp3) is 0.133. The highest BCUT2D eigenvalue weighted by Gasteiger charge is 2.24. The second-order valence-corrected chi connectivity index (χ2v) is 5.45. The number of halogens is 2. The molecule has 0 atom stereocenters. The third kappa shape index (κ3) is 2.28. The van der Waals surface area contributed by atoms with E-state index in [-0.39, 0.29) is 5.82 Å². The van der Waals surface area contributed by atoms with Crippen LogP contribution in [0.15, 0.2) is 46.9 Å². The van der Waals surface area contributed by atoms with E-state index in [0.717, 1.165) is 15.6 Å². The van der Waals surface area contributed by atoms with E-state index >= 15 is 0 Å². The second-order valence-electron chi connectivity index (χ2n) is 4.60. The first-order chi connectivity index (χ1) is 9.15. The lowest BCUT2D eigenvalue weighted by Crippen LogP contribution is -2.23. The molecule has 2 nitrogen and oxygen atoms in total. The average Bonchev–Trinajstić information content (AvgIpc) is 2.70. The molecule has 1 N–H and O–H groups in total. The summed E-state index contributed by atoms with van der Waals surface area (Å²) in [5, 5.41) is 8.15. The van der Waals surface area contributed by atoms with Crippen LogP contribution in [0, 0.1) is 11.2 Å². The molecule has 0 aromatic heterocycles. The van der Waals surface area contributed by atoms with E-state index in [2.05, 4.69) is 15.9 Å². The Morgan fingerprint density at radius 3 is 2.79 bits per heavy atom. The van der Waals surface area contributed by atoms with Gasteiger partial charge in [-0.2, -0.15) is 0 Å². The van der Waals surface area contributed by atoms with Crippen molar-refractivity contribution in [2.75, 3.05) is 0 Å². The molecule has 1 aliphatic heterocycles. The molecule has 0 aliphatic carbocycles. The summed E-state index contributed by atoms with van der Waals surface area (Å²) in [5.74, 6) is 0.108. The molecule has 0 saturated carbocycles. The predicted molar refractivity (Wildman–Crippen MR) is 76.6 cm³/mol. The summed E-state index contributed by atoms with van der Waals surface area (Å²) in [6.07, 6.45) is 0. The van der Waals surface area contributed by atoms with Crippen molar-refractivity contribution in [3.05, 3.63) is 69.4 Å². The van der Waals surface area contributed by atoms with E-state index in [1.54, 1.807) is 6.07 Å². The van der Waals surface area contributed by atoms with Crippen LogP contribution >= 0.6 is 15.9 Å². The lowest BCUT2D eigenvalue weighted by atomic mass is 10.1. The average molecular weight is 319 g/mol. The van der Waals surface area contributed by atoms with E-state index in [9.17, 15) is 4.39 Å². The van der Waals surface area contributed by atoms with Gasteiger partial charge in [0, 0.05) is 23.1 Å². The molecule has 0 radical (unpaired) electrons. The van der Waals surface area contributed by atoms with Crippen LogP contribution < -0.4 is 0 Å². The van der Waals surface area contributed by atoms with Crippen LogP contribution in [-0.2, 0) is 13.1 Å². The van der Waals surface area contributed by atoms with Crippen molar-refractivity contribution in [3.63, 3.8) is 0 Å². The zero-order valence-electron chi connectivity index (χ0n) is 10.2. The van der Waals surface area contributed by atoms with Gasteiger partial charge in [0.25, 0.3) is 0 Å². The molecule has 0 amide bonds. The Bertz CT molecular complexity index is 654. The van der Waals surface area contributed by atoms with Gasteiger partial charge >= 0.3 is 0 Å². The standard InChI is InChI=1S/C15H12BrFN2/c16-14-4-2-1-3-11(14)9-19-8-10-5-6-12(17)7-13(10)15(19)18/h1-7,18H,8-9H2. The first-order valence-corrected chi connectivity index (χ1v) is 6.80. The monoisotopic (exact) mass is 318 g/mol. The van der Waals surface area contributed by atoms with Crippen molar-refractivity contribution < 1.29 is 4.39 Å². The molecule has 96 valence electrons. The maximum absolute atomic E-state index is 13.2. The van der Waals surface area contributed by atoms with Crippen LogP contribution in [0.4, 0.5) is 4.39 Å². The van der Waals surface area contributed by atoms with Crippen LogP contribution in [0.5, 0.6) is 0 Å². The van der Waals surface area contributed by atoms with Gasteiger partial charge in [0.1, 0.15) is 11.7 Å². The molecule has 0 spiro atoms. The molecule has 0 bridgehead atoms. The number of amidine groups is 1. The highest BCUT2D eigenvalue weighted by Crippen LogP contribution is 2.26. The molecule has 3 rings (SSSR count). The Morgan fingerprint density at radius 1 is 1.21 bits per heavy atom.